The van der Waals surface area contributed by atoms with Crippen molar-refractivity contribution in [3.05, 3.63) is 0 Å². The molecule has 0 amide bonds. The zero-order valence-electron chi connectivity index (χ0n) is 12.1. The summed E-state index contributed by atoms with van der Waals surface area (Å²) in [5.41, 5.74) is 0.484. The minimum atomic E-state index is 0.484. The molecule has 0 aromatic heterocycles. The fourth-order valence-corrected chi connectivity index (χ4v) is 4.16. The van der Waals surface area contributed by atoms with Crippen molar-refractivity contribution < 1.29 is 0 Å². The van der Waals surface area contributed by atoms with Gasteiger partial charge in [-0.2, -0.15) is 0 Å². The molecule has 0 bridgehead atoms. The predicted molar refractivity (Wildman–Crippen MR) is 76.8 cm³/mol. The summed E-state index contributed by atoms with van der Waals surface area (Å²) in [7, 11) is 0. The molecule has 0 aromatic carbocycles. The summed E-state index contributed by atoms with van der Waals surface area (Å²) >= 11 is 0. The third-order valence-electron chi connectivity index (χ3n) is 5.46. The highest BCUT2D eigenvalue weighted by Gasteiger charge is 2.36. The monoisotopic (exact) mass is 250 g/mol. The fourth-order valence-electron chi connectivity index (χ4n) is 4.16. The first kappa shape index (κ1) is 12.9. The molecule has 104 valence electrons. The Hall–Kier alpha value is -0.0800. The topological polar surface area (TPSA) is 15.3 Å². The van der Waals surface area contributed by atoms with Gasteiger partial charge in [0.05, 0.1) is 0 Å². The molecule has 3 fully saturated rings. The van der Waals surface area contributed by atoms with Crippen molar-refractivity contribution >= 4 is 0 Å². The molecule has 1 saturated heterocycles. The average Bonchev–Trinajstić information content (AvgIpc) is 3.19. The third-order valence-corrected chi connectivity index (χ3v) is 5.46. The van der Waals surface area contributed by atoms with Crippen LogP contribution in [0.15, 0.2) is 0 Å². The van der Waals surface area contributed by atoms with E-state index in [2.05, 4.69) is 17.1 Å². The lowest BCUT2D eigenvalue weighted by atomic mass is 9.81. The van der Waals surface area contributed by atoms with E-state index < -0.39 is 0 Å². The second-order valence-corrected chi connectivity index (χ2v) is 7.17. The fraction of sp³-hybridized carbons (Fsp3) is 1.00. The summed E-state index contributed by atoms with van der Waals surface area (Å²) in [4.78, 5) is 2.79. The molecule has 2 heteroatoms. The maximum absolute atomic E-state index is 3.90. The molecule has 0 radical (unpaired) electrons. The van der Waals surface area contributed by atoms with E-state index in [-0.39, 0.29) is 0 Å². The first-order chi connectivity index (χ1) is 8.77. The zero-order valence-corrected chi connectivity index (χ0v) is 12.1. The number of hydrogen-bond donors (Lipinski definition) is 1. The van der Waals surface area contributed by atoms with Crippen LogP contribution in [-0.2, 0) is 0 Å². The molecule has 3 aliphatic rings. The standard InChI is InChI=1S/C16H30N2/c1-14(15-6-7-15)12-18-11-5-10-17-16(13-18)8-3-2-4-9-16/h14-15,17H,2-13H2,1H3. The lowest BCUT2D eigenvalue weighted by molar-refractivity contribution is 0.147. The molecule has 3 rings (SSSR count). The maximum atomic E-state index is 3.90. The van der Waals surface area contributed by atoms with Gasteiger partial charge in [-0.3, -0.25) is 0 Å². The van der Waals surface area contributed by atoms with Gasteiger partial charge in [-0.05, 0) is 57.0 Å². The molecule has 2 nitrogen and oxygen atoms in total. The molecule has 1 N–H and O–H groups in total. The van der Waals surface area contributed by atoms with E-state index in [9.17, 15) is 0 Å². The molecule has 1 unspecified atom stereocenters. The summed E-state index contributed by atoms with van der Waals surface area (Å²) in [5, 5.41) is 3.90. The van der Waals surface area contributed by atoms with Gasteiger partial charge in [0.2, 0.25) is 0 Å². The van der Waals surface area contributed by atoms with Crippen molar-refractivity contribution in [3.8, 4) is 0 Å². The minimum Gasteiger partial charge on any atom is -0.310 e. The molecule has 1 aliphatic heterocycles. The van der Waals surface area contributed by atoms with Gasteiger partial charge in [0.25, 0.3) is 0 Å². The molecular weight excluding hydrogens is 220 g/mol. The van der Waals surface area contributed by atoms with Crippen LogP contribution in [0.25, 0.3) is 0 Å². The number of nitrogens with zero attached hydrogens (tertiary/aromatic N) is 1. The summed E-state index contributed by atoms with van der Waals surface area (Å²) in [6.45, 7) is 7.72. The van der Waals surface area contributed by atoms with E-state index in [0.29, 0.717) is 5.54 Å². The van der Waals surface area contributed by atoms with Gasteiger partial charge in [-0.1, -0.05) is 26.2 Å². The van der Waals surface area contributed by atoms with Crippen LogP contribution < -0.4 is 5.32 Å². The lowest BCUT2D eigenvalue weighted by Gasteiger charge is -2.40. The SMILES string of the molecule is CC(CN1CCCNC2(CCCCC2)C1)C1CC1. The highest BCUT2D eigenvalue weighted by Crippen LogP contribution is 2.37. The number of nitrogens with one attached hydrogen (secondary N) is 1. The Labute approximate surface area is 113 Å². The molecule has 1 atom stereocenters. The van der Waals surface area contributed by atoms with Gasteiger partial charge in [0.1, 0.15) is 0 Å². The largest absolute Gasteiger partial charge is 0.310 e. The Kier molecular flexibility index (Phi) is 3.95. The van der Waals surface area contributed by atoms with Crippen LogP contribution in [0.1, 0.15) is 58.3 Å². The second kappa shape index (κ2) is 5.50. The average molecular weight is 250 g/mol. The zero-order chi connectivity index (χ0) is 12.4. The van der Waals surface area contributed by atoms with Crippen LogP contribution >= 0.6 is 0 Å². The van der Waals surface area contributed by atoms with Gasteiger partial charge in [0, 0.05) is 18.6 Å². The molecule has 1 heterocycles. The van der Waals surface area contributed by atoms with Gasteiger partial charge >= 0.3 is 0 Å². The Morgan fingerprint density at radius 2 is 1.94 bits per heavy atom. The third kappa shape index (κ3) is 3.08. The normalized spacial score (nSPS) is 31.2. The van der Waals surface area contributed by atoms with Crippen molar-refractivity contribution in [1.82, 2.24) is 10.2 Å². The van der Waals surface area contributed by atoms with Crippen molar-refractivity contribution in [3.63, 3.8) is 0 Å². The van der Waals surface area contributed by atoms with Crippen LogP contribution in [0.4, 0.5) is 0 Å². The van der Waals surface area contributed by atoms with E-state index in [0.717, 1.165) is 11.8 Å². The van der Waals surface area contributed by atoms with E-state index >= 15 is 0 Å². The number of rotatable bonds is 3. The highest BCUT2D eigenvalue weighted by atomic mass is 15.2. The van der Waals surface area contributed by atoms with Crippen LogP contribution in [0, 0.1) is 11.8 Å². The van der Waals surface area contributed by atoms with Gasteiger partial charge < -0.3 is 10.2 Å². The van der Waals surface area contributed by atoms with Gasteiger partial charge in [-0.15, -0.1) is 0 Å². The summed E-state index contributed by atoms with van der Waals surface area (Å²) in [6.07, 6.45) is 11.5. The van der Waals surface area contributed by atoms with E-state index in [1.165, 1.54) is 77.5 Å². The Morgan fingerprint density at radius 1 is 1.17 bits per heavy atom. The van der Waals surface area contributed by atoms with Gasteiger partial charge in [0.15, 0.2) is 0 Å². The van der Waals surface area contributed by atoms with Crippen LogP contribution in [-0.4, -0.2) is 36.6 Å². The predicted octanol–water partition coefficient (Wildman–Crippen LogP) is 3.03. The maximum Gasteiger partial charge on any atom is 0.0308 e. The first-order valence-electron chi connectivity index (χ1n) is 8.25. The number of hydrogen-bond acceptors (Lipinski definition) is 2. The van der Waals surface area contributed by atoms with Crippen molar-refractivity contribution in [2.45, 2.75) is 63.8 Å². The van der Waals surface area contributed by atoms with Crippen molar-refractivity contribution in [2.75, 3.05) is 26.2 Å². The first-order valence-corrected chi connectivity index (χ1v) is 8.25. The molecule has 1 spiro atoms. The Morgan fingerprint density at radius 3 is 2.67 bits per heavy atom. The van der Waals surface area contributed by atoms with Crippen LogP contribution in [0.3, 0.4) is 0 Å². The summed E-state index contributed by atoms with van der Waals surface area (Å²) in [6, 6.07) is 0. The Balaban J connectivity index is 1.59. The van der Waals surface area contributed by atoms with E-state index in [1.807, 2.05) is 0 Å². The molecular formula is C16H30N2. The molecule has 2 saturated carbocycles. The van der Waals surface area contributed by atoms with Crippen LogP contribution in [0.2, 0.25) is 0 Å². The Bertz CT molecular complexity index is 266. The highest BCUT2D eigenvalue weighted by molar-refractivity contribution is 4.96. The van der Waals surface area contributed by atoms with Gasteiger partial charge in [-0.25, -0.2) is 0 Å². The molecule has 0 aromatic rings. The quantitative estimate of drug-likeness (QED) is 0.828. The van der Waals surface area contributed by atoms with Crippen molar-refractivity contribution in [2.24, 2.45) is 11.8 Å². The molecule has 18 heavy (non-hydrogen) atoms. The summed E-state index contributed by atoms with van der Waals surface area (Å²) < 4.78 is 0. The van der Waals surface area contributed by atoms with E-state index in [1.54, 1.807) is 0 Å². The second-order valence-electron chi connectivity index (χ2n) is 7.17. The lowest BCUT2D eigenvalue weighted by Crippen LogP contribution is -2.53. The smallest absolute Gasteiger partial charge is 0.0308 e. The van der Waals surface area contributed by atoms with Crippen molar-refractivity contribution in [1.29, 1.82) is 0 Å². The minimum absolute atomic E-state index is 0.484. The summed E-state index contributed by atoms with van der Waals surface area (Å²) in [5.74, 6) is 1.99. The molecule has 2 aliphatic carbocycles. The van der Waals surface area contributed by atoms with Crippen LogP contribution in [0.5, 0.6) is 0 Å². The van der Waals surface area contributed by atoms with E-state index in [4.69, 9.17) is 0 Å².